The van der Waals surface area contributed by atoms with Crippen LogP contribution in [0.2, 0.25) is 0 Å². The molecule has 0 amide bonds. The number of rotatable bonds is 1. The van der Waals surface area contributed by atoms with Crippen molar-refractivity contribution in [1.29, 1.82) is 0 Å². The van der Waals surface area contributed by atoms with Crippen molar-refractivity contribution in [1.82, 2.24) is 5.43 Å². The maximum absolute atomic E-state index is 9.70. The van der Waals surface area contributed by atoms with Gasteiger partial charge in [0.05, 0.1) is 6.10 Å². The predicted molar refractivity (Wildman–Crippen MR) is 82.0 cm³/mol. The fourth-order valence-corrected chi connectivity index (χ4v) is 2.70. The van der Waals surface area contributed by atoms with Crippen LogP contribution in [0.25, 0.3) is 0 Å². The summed E-state index contributed by atoms with van der Waals surface area (Å²) in [5, 5.41) is 14.1. The van der Waals surface area contributed by atoms with E-state index in [1.807, 2.05) is 6.20 Å². The van der Waals surface area contributed by atoms with E-state index in [0.717, 1.165) is 32.1 Å². The summed E-state index contributed by atoms with van der Waals surface area (Å²) in [5.74, 6) is 1.03. The third-order valence-corrected chi connectivity index (χ3v) is 3.64. The summed E-state index contributed by atoms with van der Waals surface area (Å²) in [6, 6.07) is 0. The Kier molecular flexibility index (Phi) is 7.14. The van der Waals surface area contributed by atoms with Gasteiger partial charge in [-0.2, -0.15) is 5.10 Å². The fraction of sp³-hybridized carbons (Fsp3) is 0.812. The smallest absolute Gasteiger partial charge is 0.0543 e. The molecule has 2 aliphatic rings. The third-order valence-electron chi connectivity index (χ3n) is 3.64. The molecule has 0 spiro atoms. The lowest BCUT2D eigenvalue weighted by atomic mass is 9.79. The van der Waals surface area contributed by atoms with Crippen LogP contribution >= 0.6 is 0 Å². The van der Waals surface area contributed by atoms with E-state index in [1.165, 1.54) is 17.7 Å². The summed E-state index contributed by atoms with van der Waals surface area (Å²) in [4.78, 5) is 0. The first kappa shape index (κ1) is 16.2. The Hall–Kier alpha value is -0.830. The molecule has 1 aliphatic carbocycles. The largest absolute Gasteiger partial charge is 0.393 e. The summed E-state index contributed by atoms with van der Waals surface area (Å²) < 4.78 is 0. The number of hydrogen-bond acceptors (Lipinski definition) is 3. The quantitative estimate of drug-likeness (QED) is 0.757. The van der Waals surface area contributed by atoms with E-state index in [-0.39, 0.29) is 6.10 Å². The van der Waals surface area contributed by atoms with E-state index < -0.39 is 0 Å². The van der Waals surface area contributed by atoms with Gasteiger partial charge < -0.3 is 5.11 Å². The number of aliphatic hydroxyl groups excluding tert-OH is 1. The van der Waals surface area contributed by atoms with Gasteiger partial charge in [-0.05, 0) is 43.6 Å². The Morgan fingerprint density at radius 3 is 2.63 bits per heavy atom. The summed E-state index contributed by atoms with van der Waals surface area (Å²) in [7, 11) is 0. The standard InChI is InChI=1S/C13H22N2O.C3H8/c1-9(2)13-12-5-3-4-11(16)7-6-10(12)8-14-15-13;1-3-2/h8-9,11-12,14,16H,3-7H2,1-2H3;3H2,1-2H3. The minimum absolute atomic E-state index is 0.108. The minimum Gasteiger partial charge on any atom is -0.393 e. The second kappa shape index (κ2) is 8.36. The number of hydrogen-bond donors (Lipinski definition) is 2. The van der Waals surface area contributed by atoms with Crippen LogP contribution in [0.4, 0.5) is 0 Å². The molecule has 0 radical (unpaired) electrons. The van der Waals surface area contributed by atoms with Gasteiger partial charge in [0, 0.05) is 17.8 Å². The van der Waals surface area contributed by atoms with Crippen molar-refractivity contribution in [3.8, 4) is 0 Å². The third kappa shape index (κ3) is 4.98. The van der Waals surface area contributed by atoms with Crippen LogP contribution in [0.1, 0.15) is 66.2 Å². The molecule has 110 valence electrons. The van der Waals surface area contributed by atoms with Crippen LogP contribution in [0, 0.1) is 11.8 Å². The lowest BCUT2D eigenvalue weighted by molar-refractivity contribution is 0.145. The highest BCUT2D eigenvalue weighted by Crippen LogP contribution is 2.31. The van der Waals surface area contributed by atoms with Gasteiger partial charge in [-0.3, -0.25) is 5.43 Å². The molecule has 0 saturated heterocycles. The van der Waals surface area contributed by atoms with E-state index >= 15 is 0 Å². The van der Waals surface area contributed by atoms with Crippen molar-refractivity contribution in [2.75, 3.05) is 0 Å². The van der Waals surface area contributed by atoms with Crippen molar-refractivity contribution < 1.29 is 5.11 Å². The summed E-state index contributed by atoms with van der Waals surface area (Å²) in [6.07, 6.45) is 8.27. The van der Waals surface area contributed by atoms with Gasteiger partial charge in [-0.25, -0.2) is 0 Å². The maximum Gasteiger partial charge on any atom is 0.0543 e. The SMILES string of the molecule is CC(C)C1=NNC=C2CCC(O)CCCC21.CCC. The first-order valence-electron chi connectivity index (χ1n) is 7.80. The molecular formula is C16H30N2O. The Morgan fingerprint density at radius 2 is 2.00 bits per heavy atom. The van der Waals surface area contributed by atoms with Crippen molar-refractivity contribution >= 4 is 5.71 Å². The summed E-state index contributed by atoms with van der Waals surface area (Å²) >= 11 is 0. The van der Waals surface area contributed by atoms with E-state index in [1.54, 1.807) is 0 Å². The highest BCUT2D eigenvalue weighted by Gasteiger charge is 2.27. The van der Waals surface area contributed by atoms with Gasteiger partial charge in [0.25, 0.3) is 0 Å². The van der Waals surface area contributed by atoms with E-state index in [0.29, 0.717) is 11.8 Å². The lowest BCUT2D eigenvalue weighted by Crippen LogP contribution is -2.30. The van der Waals surface area contributed by atoms with Crippen LogP contribution < -0.4 is 5.43 Å². The van der Waals surface area contributed by atoms with Gasteiger partial charge in [0.15, 0.2) is 0 Å². The van der Waals surface area contributed by atoms with E-state index in [4.69, 9.17) is 0 Å². The number of aliphatic hydroxyl groups is 1. The Balaban J connectivity index is 0.000000550. The van der Waals surface area contributed by atoms with Gasteiger partial charge in [0.2, 0.25) is 0 Å². The second-order valence-electron chi connectivity index (χ2n) is 5.92. The molecule has 2 unspecified atom stereocenters. The van der Waals surface area contributed by atoms with Gasteiger partial charge >= 0.3 is 0 Å². The molecule has 0 bridgehead atoms. The van der Waals surface area contributed by atoms with E-state index in [9.17, 15) is 5.11 Å². The normalized spacial score (nSPS) is 26.8. The van der Waals surface area contributed by atoms with Crippen molar-refractivity contribution in [3.63, 3.8) is 0 Å². The van der Waals surface area contributed by atoms with Crippen LogP contribution in [0.5, 0.6) is 0 Å². The Bertz CT molecular complexity index is 321. The highest BCUT2D eigenvalue weighted by molar-refractivity contribution is 5.91. The average Bonchev–Trinajstić information content (AvgIpc) is 2.35. The van der Waals surface area contributed by atoms with Crippen molar-refractivity contribution in [2.45, 2.75) is 72.3 Å². The number of hydrazone groups is 1. The monoisotopic (exact) mass is 266 g/mol. The molecule has 0 aromatic carbocycles. The topological polar surface area (TPSA) is 44.6 Å². The number of allylic oxidation sites excluding steroid dienone is 1. The summed E-state index contributed by atoms with van der Waals surface area (Å²) in [6.45, 7) is 8.66. The van der Waals surface area contributed by atoms with Crippen LogP contribution in [0.15, 0.2) is 16.9 Å². The lowest BCUT2D eigenvalue weighted by Gasteiger charge is -2.30. The molecule has 2 rings (SSSR count). The molecule has 0 aromatic heterocycles. The first-order chi connectivity index (χ1) is 9.10. The molecule has 3 heteroatoms. The fourth-order valence-electron chi connectivity index (χ4n) is 2.70. The zero-order chi connectivity index (χ0) is 14.3. The molecule has 2 N–H and O–H groups in total. The van der Waals surface area contributed by atoms with Crippen LogP contribution in [-0.4, -0.2) is 16.9 Å². The van der Waals surface area contributed by atoms with Gasteiger partial charge in [-0.15, -0.1) is 0 Å². The zero-order valence-corrected chi connectivity index (χ0v) is 12.9. The van der Waals surface area contributed by atoms with Gasteiger partial charge in [-0.1, -0.05) is 34.1 Å². The molecule has 1 saturated carbocycles. The Labute approximate surface area is 118 Å². The average molecular weight is 266 g/mol. The molecule has 1 heterocycles. The molecule has 3 nitrogen and oxygen atoms in total. The van der Waals surface area contributed by atoms with Crippen LogP contribution in [0.3, 0.4) is 0 Å². The molecule has 19 heavy (non-hydrogen) atoms. The zero-order valence-electron chi connectivity index (χ0n) is 12.9. The van der Waals surface area contributed by atoms with Crippen molar-refractivity contribution in [2.24, 2.45) is 16.9 Å². The number of nitrogens with one attached hydrogen (secondary N) is 1. The summed E-state index contributed by atoms with van der Waals surface area (Å²) in [5.41, 5.74) is 5.74. The maximum atomic E-state index is 9.70. The van der Waals surface area contributed by atoms with E-state index in [2.05, 4.69) is 38.2 Å². The highest BCUT2D eigenvalue weighted by atomic mass is 16.3. The molecule has 0 aromatic rings. The molecule has 1 aliphatic heterocycles. The molecule has 2 atom stereocenters. The predicted octanol–water partition coefficient (Wildman–Crippen LogP) is 3.84. The van der Waals surface area contributed by atoms with Gasteiger partial charge in [0.1, 0.15) is 0 Å². The number of nitrogens with zero attached hydrogens (tertiary/aromatic N) is 1. The minimum atomic E-state index is -0.108. The number of fused-ring (bicyclic) bond motifs is 1. The first-order valence-corrected chi connectivity index (χ1v) is 7.80. The molecular weight excluding hydrogens is 236 g/mol. The molecule has 1 fully saturated rings. The second-order valence-corrected chi connectivity index (χ2v) is 5.92. The van der Waals surface area contributed by atoms with Crippen LogP contribution in [-0.2, 0) is 0 Å². The van der Waals surface area contributed by atoms with Crippen molar-refractivity contribution in [3.05, 3.63) is 11.8 Å². The Morgan fingerprint density at radius 1 is 1.32 bits per heavy atom.